The summed E-state index contributed by atoms with van der Waals surface area (Å²) >= 11 is 0.830. The third-order valence-corrected chi connectivity index (χ3v) is 5.07. The molecule has 2 aromatic carbocycles. The molecular formula is C22H22N2O7S. The highest BCUT2D eigenvalue weighted by atomic mass is 32.2. The van der Waals surface area contributed by atoms with Crippen LogP contribution in [0.4, 0.5) is 0 Å². The number of carboxylic acids is 1. The fraction of sp³-hybridized carbons (Fsp3) is 0.227. The molecule has 1 heterocycles. The molecule has 0 aliphatic heterocycles. The standard InChI is InChI=1S/C22H22N2O7S/c1-5-30-19-13(7-6-8-17(19)29-4)11-18(21(25)26)32-22-24-23-20(31-22)14-9-15(27-2)12-16(10-14)28-3/h6-12H,5H2,1-4H3,(H,25,26)/b18-11-. The number of carboxylic acid groups (broad SMARTS) is 1. The summed E-state index contributed by atoms with van der Waals surface area (Å²) in [4.78, 5) is 11.9. The normalized spacial score (nSPS) is 11.2. The topological polar surface area (TPSA) is 113 Å². The third-order valence-electron chi connectivity index (χ3n) is 4.22. The van der Waals surface area contributed by atoms with Crippen LogP contribution in [0.3, 0.4) is 0 Å². The van der Waals surface area contributed by atoms with Gasteiger partial charge in [-0.25, -0.2) is 4.79 Å². The predicted octanol–water partition coefficient (Wildman–Crippen LogP) is 4.38. The van der Waals surface area contributed by atoms with Crippen LogP contribution >= 0.6 is 11.8 Å². The highest BCUT2D eigenvalue weighted by molar-refractivity contribution is 8.03. The van der Waals surface area contributed by atoms with E-state index in [0.29, 0.717) is 40.7 Å². The van der Waals surface area contributed by atoms with Crippen LogP contribution in [0.15, 0.2) is 50.9 Å². The van der Waals surface area contributed by atoms with Crippen molar-refractivity contribution < 1.29 is 33.3 Å². The molecule has 1 aromatic heterocycles. The summed E-state index contributed by atoms with van der Waals surface area (Å²) in [7, 11) is 4.59. The Balaban J connectivity index is 1.93. The number of hydrogen-bond donors (Lipinski definition) is 1. The van der Waals surface area contributed by atoms with Gasteiger partial charge in [0, 0.05) is 17.2 Å². The molecule has 0 amide bonds. The average Bonchev–Trinajstić information content (AvgIpc) is 3.28. The lowest BCUT2D eigenvalue weighted by Crippen LogP contribution is -2.00. The molecule has 0 aliphatic rings. The highest BCUT2D eigenvalue weighted by Gasteiger charge is 2.19. The first kappa shape index (κ1) is 23.0. The molecule has 10 heteroatoms. The van der Waals surface area contributed by atoms with E-state index in [0.717, 1.165) is 11.8 Å². The third kappa shape index (κ3) is 5.33. The van der Waals surface area contributed by atoms with Crippen molar-refractivity contribution in [1.29, 1.82) is 0 Å². The molecule has 0 spiro atoms. The number of hydrogen-bond acceptors (Lipinski definition) is 9. The molecule has 0 aliphatic carbocycles. The second kappa shape index (κ2) is 10.6. The molecule has 168 valence electrons. The number of para-hydroxylation sites is 1. The van der Waals surface area contributed by atoms with Gasteiger partial charge in [-0.1, -0.05) is 12.1 Å². The first-order valence-corrected chi connectivity index (χ1v) is 10.3. The number of thioether (sulfide) groups is 1. The monoisotopic (exact) mass is 458 g/mol. The van der Waals surface area contributed by atoms with Crippen molar-refractivity contribution >= 4 is 23.8 Å². The lowest BCUT2D eigenvalue weighted by Gasteiger charge is -2.12. The van der Waals surface area contributed by atoms with Gasteiger partial charge in [-0.15, -0.1) is 10.2 Å². The van der Waals surface area contributed by atoms with E-state index in [2.05, 4.69) is 10.2 Å². The Kier molecular flexibility index (Phi) is 7.61. The molecule has 9 nitrogen and oxygen atoms in total. The summed E-state index contributed by atoms with van der Waals surface area (Å²) in [6, 6.07) is 10.4. The van der Waals surface area contributed by atoms with E-state index in [1.807, 2.05) is 6.92 Å². The highest BCUT2D eigenvalue weighted by Crippen LogP contribution is 2.36. The van der Waals surface area contributed by atoms with Crippen LogP contribution in [0.2, 0.25) is 0 Å². The quantitative estimate of drug-likeness (QED) is 0.347. The van der Waals surface area contributed by atoms with Crippen LogP contribution in [0.1, 0.15) is 12.5 Å². The van der Waals surface area contributed by atoms with Crippen molar-refractivity contribution in [3.8, 4) is 34.5 Å². The molecule has 0 atom stereocenters. The van der Waals surface area contributed by atoms with Crippen molar-refractivity contribution in [2.75, 3.05) is 27.9 Å². The molecule has 1 N–H and O–H groups in total. The van der Waals surface area contributed by atoms with E-state index < -0.39 is 5.97 Å². The first-order chi connectivity index (χ1) is 15.5. The molecule has 0 saturated carbocycles. The van der Waals surface area contributed by atoms with Crippen molar-refractivity contribution in [1.82, 2.24) is 10.2 Å². The summed E-state index contributed by atoms with van der Waals surface area (Å²) < 4.78 is 27.2. The van der Waals surface area contributed by atoms with Gasteiger partial charge in [-0.3, -0.25) is 0 Å². The summed E-state index contributed by atoms with van der Waals surface area (Å²) in [6.45, 7) is 2.23. The molecule has 0 unspecified atom stereocenters. The Morgan fingerprint density at radius 3 is 2.41 bits per heavy atom. The molecule has 0 bridgehead atoms. The molecule has 32 heavy (non-hydrogen) atoms. The Hall–Kier alpha value is -3.66. The zero-order valence-electron chi connectivity index (χ0n) is 17.9. The number of benzene rings is 2. The van der Waals surface area contributed by atoms with Gasteiger partial charge in [-0.2, -0.15) is 0 Å². The minimum Gasteiger partial charge on any atom is -0.497 e. The van der Waals surface area contributed by atoms with Gasteiger partial charge in [0.2, 0.25) is 5.89 Å². The Morgan fingerprint density at radius 2 is 1.81 bits per heavy atom. The largest absolute Gasteiger partial charge is 0.497 e. The van der Waals surface area contributed by atoms with Gasteiger partial charge in [-0.05, 0) is 43.0 Å². The Morgan fingerprint density at radius 1 is 1.09 bits per heavy atom. The van der Waals surface area contributed by atoms with Gasteiger partial charge < -0.3 is 28.5 Å². The first-order valence-electron chi connectivity index (χ1n) is 9.48. The number of methoxy groups -OCH3 is 3. The van der Waals surface area contributed by atoms with Crippen molar-refractivity contribution in [3.63, 3.8) is 0 Å². The van der Waals surface area contributed by atoms with E-state index in [-0.39, 0.29) is 16.0 Å². The van der Waals surface area contributed by atoms with Crippen molar-refractivity contribution in [3.05, 3.63) is 46.9 Å². The lowest BCUT2D eigenvalue weighted by atomic mass is 10.1. The number of nitrogens with zero attached hydrogens (tertiary/aromatic N) is 2. The minimum absolute atomic E-state index is 0.0300. The van der Waals surface area contributed by atoms with E-state index >= 15 is 0 Å². The molecule has 3 aromatic rings. The summed E-state index contributed by atoms with van der Waals surface area (Å²) in [6.07, 6.45) is 1.47. The number of aliphatic carboxylic acids is 1. The minimum atomic E-state index is -1.15. The second-order valence-electron chi connectivity index (χ2n) is 6.20. The van der Waals surface area contributed by atoms with Gasteiger partial charge in [0.15, 0.2) is 11.5 Å². The van der Waals surface area contributed by atoms with E-state index in [1.165, 1.54) is 27.4 Å². The van der Waals surface area contributed by atoms with Crippen LogP contribution in [-0.4, -0.2) is 49.2 Å². The SMILES string of the molecule is CCOc1c(/C=C(\Sc2nnc(-c3cc(OC)cc(OC)c3)o2)C(=O)O)cccc1OC. The van der Waals surface area contributed by atoms with E-state index in [1.54, 1.807) is 36.4 Å². The van der Waals surface area contributed by atoms with Crippen LogP contribution in [0.5, 0.6) is 23.0 Å². The zero-order chi connectivity index (χ0) is 23.1. The van der Waals surface area contributed by atoms with E-state index in [9.17, 15) is 9.90 Å². The number of rotatable bonds is 10. The van der Waals surface area contributed by atoms with Crippen LogP contribution in [0, 0.1) is 0 Å². The Bertz CT molecular complexity index is 1100. The average molecular weight is 458 g/mol. The smallest absolute Gasteiger partial charge is 0.342 e. The van der Waals surface area contributed by atoms with Crippen LogP contribution in [-0.2, 0) is 4.79 Å². The summed E-state index contributed by atoms with van der Waals surface area (Å²) in [5, 5.41) is 17.8. The fourth-order valence-electron chi connectivity index (χ4n) is 2.77. The van der Waals surface area contributed by atoms with Gasteiger partial charge in [0.25, 0.3) is 5.22 Å². The fourth-order valence-corrected chi connectivity index (χ4v) is 3.44. The van der Waals surface area contributed by atoms with Crippen molar-refractivity contribution in [2.45, 2.75) is 12.1 Å². The molecule has 0 radical (unpaired) electrons. The molecule has 0 fully saturated rings. The maximum absolute atomic E-state index is 11.9. The summed E-state index contributed by atoms with van der Waals surface area (Å²) in [5.74, 6) is 1.11. The van der Waals surface area contributed by atoms with Crippen LogP contribution < -0.4 is 18.9 Å². The van der Waals surface area contributed by atoms with Gasteiger partial charge in [0.1, 0.15) is 16.4 Å². The number of carbonyl (C=O) groups is 1. The van der Waals surface area contributed by atoms with E-state index in [4.69, 9.17) is 23.4 Å². The zero-order valence-corrected chi connectivity index (χ0v) is 18.8. The maximum atomic E-state index is 11.9. The number of ether oxygens (including phenoxy) is 4. The van der Waals surface area contributed by atoms with Gasteiger partial charge >= 0.3 is 5.97 Å². The van der Waals surface area contributed by atoms with Crippen LogP contribution in [0.25, 0.3) is 17.5 Å². The molecule has 0 saturated heterocycles. The Labute approximate surface area is 189 Å². The number of aromatic nitrogens is 2. The maximum Gasteiger partial charge on any atom is 0.342 e. The lowest BCUT2D eigenvalue weighted by molar-refractivity contribution is -0.131. The van der Waals surface area contributed by atoms with Crippen molar-refractivity contribution in [2.24, 2.45) is 0 Å². The molecular weight excluding hydrogens is 436 g/mol. The summed E-state index contributed by atoms with van der Waals surface area (Å²) in [5.41, 5.74) is 1.13. The second-order valence-corrected chi connectivity index (χ2v) is 7.20. The molecule has 3 rings (SSSR count). The predicted molar refractivity (Wildman–Crippen MR) is 118 cm³/mol. The van der Waals surface area contributed by atoms with Gasteiger partial charge in [0.05, 0.1) is 27.9 Å².